The van der Waals surface area contributed by atoms with Crippen LogP contribution in [0.2, 0.25) is 10.0 Å². The summed E-state index contributed by atoms with van der Waals surface area (Å²) in [6, 6.07) is 12.4. The van der Waals surface area contributed by atoms with Gasteiger partial charge in [0, 0.05) is 16.8 Å². The predicted octanol–water partition coefficient (Wildman–Crippen LogP) is 4.20. The number of halogens is 2. The highest BCUT2D eigenvalue weighted by Gasteiger charge is 2.24. The molecule has 1 heterocycles. The molecule has 0 aliphatic heterocycles. The highest BCUT2D eigenvalue weighted by Crippen LogP contribution is 2.25. The molecule has 1 aromatic heterocycles. The normalized spacial score (nSPS) is 13.1. The Balaban J connectivity index is 1.36. The first-order valence-corrected chi connectivity index (χ1v) is 10.9. The predicted molar refractivity (Wildman–Crippen MR) is 118 cm³/mol. The summed E-state index contributed by atoms with van der Waals surface area (Å²) in [5, 5.41) is 15.1. The van der Waals surface area contributed by atoms with Crippen molar-refractivity contribution in [3.8, 4) is 5.69 Å². The number of hydrogen-bond donors (Lipinski definition) is 2. The van der Waals surface area contributed by atoms with E-state index in [1.54, 1.807) is 41.2 Å². The molecule has 10 heteroatoms. The van der Waals surface area contributed by atoms with Gasteiger partial charge in [-0.1, -0.05) is 41.0 Å². The van der Waals surface area contributed by atoms with E-state index in [1.807, 2.05) is 12.1 Å². The van der Waals surface area contributed by atoms with E-state index in [2.05, 4.69) is 20.8 Å². The van der Waals surface area contributed by atoms with E-state index in [9.17, 15) is 9.59 Å². The molecule has 2 aromatic carbocycles. The molecule has 4 rings (SSSR count). The van der Waals surface area contributed by atoms with E-state index in [0.717, 1.165) is 18.5 Å². The van der Waals surface area contributed by atoms with Crippen molar-refractivity contribution in [3.05, 3.63) is 64.4 Å². The van der Waals surface area contributed by atoms with E-state index in [1.165, 1.54) is 11.8 Å². The van der Waals surface area contributed by atoms with Crippen LogP contribution in [0.4, 0.5) is 5.69 Å². The Hall–Kier alpha value is -2.55. The second-order valence-corrected chi connectivity index (χ2v) is 8.53. The van der Waals surface area contributed by atoms with E-state index in [4.69, 9.17) is 23.2 Å². The lowest BCUT2D eigenvalue weighted by Gasteiger charge is -2.09. The molecule has 0 atom stereocenters. The zero-order chi connectivity index (χ0) is 21.1. The molecule has 3 aromatic rings. The molecule has 154 valence electrons. The van der Waals surface area contributed by atoms with Gasteiger partial charge in [-0.25, -0.2) is 0 Å². The topological polar surface area (TPSA) is 88.9 Å². The molecule has 2 amide bonds. The number of anilines is 1. The minimum atomic E-state index is -0.230. The summed E-state index contributed by atoms with van der Waals surface area (Å²) in [4.78, 5) is 24.5. The van der Waals surface area contributed by atoms with E-state index in [-0.39, 0.29) is 23.6 Å². The Labute approximate surface area is 187 Å². The lowest BCUT2D eigenvalue weighted by molar-refractivity contribution is -0.113. The second kappa shape index (κ2) is 9.07. The van der Waals surface area contributed by atoms with Crippen molar-refractivity contribution in [2.24, 2.45) is 0 Å². The molecule has 0 unspecified atom stereocenters. The van der Waals surface area contributed by atoms with Gasteiger partial charge in [0.2, 0.25) is 5.91 Å². The third-order valence-electron chi connectivity index (χ3n) is 4.35. The number of amides is 2. The first-order valence-electron chi connectivity index (χ1n) is 9.18. The second-order valence-electron chi connectivity index (χ2n) is 6.74. The van der Waals surface area contributed by atoms with E-state index in [0.29, 0.717) is 26.5 Å². The number of nitrogens with one attached hydrogen (secondary N) is 2. The zero-order valence-electron chi connectivity index (χ0n) is 15.6. The third kappa shape index (κ3) is 5.13. The molecule has 0 bridgehead atoms. The van der Waals surface area contributed by atoms with Gasteiger partial charge in [0.1, 0.15) is 6.33 Å². The molecule has 2 N–H and O–H groups in total. The van der Waals surface area contributed by atoms with Gasteiger partial charge in [-0.2, -0.15) is 0 Å². The summed E-state index contributed by atoms with van der Waals surface area (Å²) in [7, 11) is 0. The summed E-state index contributed by atoms with van der Waals surface area (Å²) >= 11 is 13.5. The molecular formula is C20H17Cl2N5O2S. The maximum atomic E-state index is 12.4. The monoisotopic (exact) mass is 461 g/mol. The fraction of sp³-hybridized carbons (Fsp3) is 0.200. The van der Waals surface area contributed by atoms with Crippen LogP contribution < -0.4 is 10.6 Å². The number of hydrogen-bond acceptors (Lipinski definition) is 5. The van der Waals surface area contributed by atoms with Gasteiger partial charge in [0.15, 0.2) is 5.16 Å². The largest absolute Gasteiger partial charge is 0.349 e. The molecule has 1 aliphatic rings. The smallest absolute Gasteiger partial charge is 0.253 e. The molecule has 1 aliphatic carbocycles. The first-order chi connectivity index (χ1) is 14.5. The Bertz CT molecular complexity index is 1100. The number of rotatable bonds is 7. The molecule has 1 fully saturated rings. The van der Waals surface area contributed by atoms with Crippen molar-refractivity contribution in [3.63, 3.8) is 0 Å². The van der Waals surface area contributed by atoms with Gasteiger partial charge in [0.05, 0.1) is 22.0 Å². The van der Waals surface area contributed by atoms with Crippen LogP contribution >= 0.6 is 35.0 Å². The number of aromatic nitrogens is 3. The van der Waals surface area contributed by atoms with Crippen molar-refractivity contribution >= 4 is 52.5 Å². The maximum absolute atomic E-state index is 12.4. The number of thioether (sulfide) groups is 1. The summed E-state index contributed by atoms with van der Waals surface area (Å²) in [5.74, 6) is -0.302. The number of carbonyl (C=O) groups is 2. The molecule has 1 saturated carbocycles. The average molecular weight is 462 g/mol. The molecule has 7 nitrogen and oxygen atoms in total. The molecular weight excluding hydrogens is 445 g/mol. The number of benzene rings is 2. The van der Waals surface area contributed by atoms with Crippen LogP contribution in [-0.2, 0) is 4.79 Å². The summed E-state index contributed by atoms with van der Waals surface area (Å²) in [6.07, 6.45) is 3.57. The minimum Gasteiger partial charge on any atom is -0.349 e. The van der Waals surface area contributed by atoms with Gasteiger partial charge in [0.25, 0.3) is 5.91 Å². The van der Waals surface area contributed by atoms with Crippen molar-refractivity contribution in [2.45, 2.75) is 24.0 Å². The zero-order valence-corrected chi connectivity index (χ0v) is 18.0. The fourth-order valence-electron chi connectivity index (χ4n) is 2.72. The number of carbonyl (C=O) groups excluding carboxylic acids is 2. The van der Waals surface area contributed by atoms with Crippen LogP contribution in [0.1, 0.15) is 23.2 Å². The van der Waals surface area contributed by atoms with Crippen LogP contribution in [0.25, 0.3) is 5.69 Å². The Kier molecular flexibility index (Phi) is 6.26. The standard InChI is InChI=1S/C20H17Cl2N5O2S/c21-12-2-1-3-15(8-12)27-11-23-26-20(27)30-10-18(28)24-14-6-7-16(17(22)9-14)19(29)25-13-4-5-13/h1-3,6-9,11,13H,4-5,10H2,(H,24,28)(H,25,29). The van der Waals surface area contributed by atoms with Gasteiger partial charge in [-0.05, 0) is 49.2 Å². The Morgan fingerprint density at radius 3 is 2.73 bits per heavy atom. The molecule has 0 saturated heterocycles. The van der Waals surface area contributed by atoms with Gasteiger partial charge < -0.3 is 10.6 Å². The fourth-order valence-corrected chi connectivity index (χ4v) is 3.90. The lowest BCUT2D eigenvalue weighted by atomic mass is 10.2. The van der Waals surface area contributed by atoms with Crippen LogP contribution in [0.5, 0.6) is 0 Å². The summed E-state index contributed by atoms with van der Waals surface area (Å²) in [5.41, 5.74) is 1.72. The summed E-state index contributed by atoms with van der Waals surface area (Å²) in [6.45, 7) is 0. The minimum absolute atomic E-state index is 0.126. The summed E-state index contributed by atoms with van der Waals surface area (Å²) < 4.78 is 1.76. The Morgan fingerprint density at radius 2 is 2.00 bits per heavy atom. The molecule has 30 heavy (non-hydrogen) atoms. The van der Waals surface area contributed by atoms with Gasteiger partial charge in [-0.3, -0.25) is 14.2 Å². The maximum Gasteiger partial charge on any atom is 0.253 e. The lowest BCUT2D eigenvalue weighted by Crippen LogP contribution is -2.25. The van der Waals surface area contributed by atoms with Crippen LogP contribution in [0.3, 0.4) is 0 Å². The van der Waals surface area contributed by atoms with Crippen molar-refractivity contribution in [1.82, 2.24) is 20.1 Å². The molecule has 0 spiro atoms. The van der Waals surface area contributed by atoms with Gasteiger partial charge >= 0.3 is 0 Å². The van der Waals surface area contributed by atoms with E-state index >= 15 is 0 Å². The van der Waals surface area contributed by atoms with Crippen LogP contribution in [0.15, 0.2) is 53.9 Å². The van der Waals surface area contributed by atoms with Crippen LogP contribution in [0, 0.1) is 0 Å². The third-order valence-corrected chi connectivity index (χ3v) is 5.84. The average Bonchev–Trinajstić information content (AvgIpc) is 3.39. The van der Waals surface area contributed by atoms with E-state index < -0.39 is 0 Å². The van der Waals surface area contributed by atoms with Crippen molar-refractivity contribution < 1.29 is 9.59 Å². The highest BCUT2D eigenvalue weighted by molar-refractivity contribution is 7.99. The van der Waals surface area contributed by atoms with Gasteiger partial charge in [-0.15, -0.1) is 10.2 Å². The van der Waals surface area contributed by atoms with Crippen LogP contribution in [-0.4, -0.2) is 38.4 Å². The SMILES string of the molecule is O=C(CSc1nncn1-c1cccc(Cl)c1)Nc1ccc(C(=O)NC2CC2)c(Cl)c1. The number of nitrogens with zero attached hydrogens (tertiary/aromatic N) is 3. The van der Waals surface area contributed by atoms with Crippen molar-refractivity contribution in [1.29, 1.82) is 0 Å². The molecule has 0 radical (unpaired) electrons. The Morgan fingerprint density at radius 1 is 1.17 bits per heavy atom. The quantitative estimate of drug-likeness (QED) is 0.514. The van der Waals surface area contributed by atoms with Crippen molar-refractivity contribution in [2.75, 3.05) is 11.1 Å². The first kappa shape index (κ1) is 20.7. The highest BCUT2D eigenvalue weighted by atomic mass is 35.5.